The Balaban J connectivity index is 2.61. The molecule has 0 amide bonds. The van der Waals surface area contributed by atoms with E-state index in [0.29, 0.717) is 0 Å². The number of hydrogen-bond donors (Lipinski definition) is 0. The van der Waals surface area contributed by atoms with Crippen molar-refractivity contribution < 1.29 is 14.4 Å². The quantitative estimate of drug-likeness (QED) is 0.510. The first-order chi connectivity index (χ1) is 6.32. The summed E-state index contributed by atoms with van der Waals surface area (Å²) in [6.07, 6.45) is 1.62. The zero-order valence-corrected chi connectivity index (χ0v) is 9.59. The van der Waals surface area contributed by atoms with Crippen LogP contribution in [0.25, 0.3) is 0 Å². The third-order valence-corrected chi connectivity index (χ3v) is 2.30. The van der Waals surface area contributed by atoms with Gasteiger partial charge in [-0.15, -0.1) is 0 Å². The first-order valence-corrected chi connectivity index (χ1v) is 4.83. The van der Waals surface area contributed by atoms with E-state index in [1.807, 2.05) is 20.8 Å². The standard InChI is InChI=1S/C10H19NO3/c1-9(2,3)14-11(4)10(6-7-10)8(12)13-5/h6-7H2,1-5H3. The van der Waals surface area contributed by atoms with Crippen LogP contribution in [-0.4, -0.2) is 36.3 Å². The molecule has 0 spiro atoms. The molecule has 0 N–H and O–H groups in total. The van der Waals surface area contributed by atoms with E-state index in [-0.39, 0.29) is 11.6 Å². The van der Waals surface area contributed by atoms with Crippen LogP contribution in [0.5, 0.6) is 0 Å². The second kappa shape index (κ2) is 3.51. The van der Waals surface area contributed by atoms with E-state index in [9.17, 15) is 4.79 Å². The highest BCUT2D eigenvalue weighted by Gasteiger charge is 2.56. The average molecular weight is 201 g/mol. The van der Waals surface area contributed by atoms with Crippen molar-refractivity contribution in [1.82, 2.24) is 5.06 Å². The van der Waals surface area contributed by atoms with Gasteiger partial charge in [-0.3, -0.25) is 4.84 Å². The van der Waals surface area contributed by atoms with Gasteiger partial charge in [-0.25, -0.2) is 4.79 Å². The number of nitrogens with zero attached hydrogens (tertiary/aromatic N) is 1. The number of hydrogen-bond acceptors (Lipinski definition) is 4. The normalized spacial score (nSPS) is 19.6. The first-order valence-electron chi connectivity index (χ1n) is 4.83. The van der Waals surface area contributed by atoms with E-state index < -0.39 is 5.54 Å². The molecular formula is C10H19NO3. The maximum atomic E-state index is 11.5. The van der Waals surface area contributed by atoms with E-state index in [4.69, 9.17) is 9.57 Å². The second-order valence-corrected chi connectivity index (χ2v) is 4.72. The number of hydroxylamine groups is 2. The lowest BCUT2D eigenvalue weighted by molar-refractivity contribution is -0.244. The molecule has 1 aliphatic carbocycles. The van der Waals surface area contributed by atoms with Crippen LogP contribution < -0.4 is 0 Å². The Bertz CT molecular complexity index is 228. The monoisotopic (exact) mass is 201 g/mol. The minimum atomic E-state index is -0.526. The summed E-state index contributed by atoms with van der Waals surface area (Å²) in [5.41, 5.74) is -0.805. The van der Waals surface area contributed by atoms with Gasteiger partial charge in [0.1, 0.15) is 5.54 Å². The minimum Gasteiger partial charge on any atom is -0.468 e. The van der Waals surface area contributed by atoms with Crippen LogP contribution >= 0.6 is 0 Å². The summed E-state index contributed by atoms with van der Waals surface area (Å²) in [5, 5.41) is 1.64. The number of methoxy groups -OCH3 is 1. The van der Waals surface area contributed by atoms with Crippen molar-refractivity contribution in [2.75, 3.05) is 14.2 Å². The van der Waals surface area contributed by atoms with Gasteiger partial charge in [0.2, 0.25) is 0 Å². The molecule has 0 aromatic rings. The highest BCUT2D eigenvalue weighted by Crippen LogP contribution is 2.42. The SMILES string of the molecule is COC(=O)C1(N(C)OC(C)(C)C)CC1. The van der Waals surface area contributed by atoms with Gasteiger partial charge < -0.3 is 4.74 Å². The largest absolute Gasteiger partial charge is 0.468 e. The molecule has 0 aliphatic heterocycles. The molecular weight excluding hydrogens is 182 g/mol. The van der Waals surface area contributed by atoms with Crippen LogP contribution in [0.2, 0.25) is 0 Å². The van der Waals surface area contributed by atoms with Gasteiger partial charge in [0, 0.05) is 7.05 Å². The molecule has 4 nitrogen and oxygen atoms in total. The van der Waals surface area contributed by atoms with Crippen molar-refractivity contribution in [3.05, 3.63) is 0 Å². The summed E-state index contributed by atoms with van der Waals surface area (Å²) in [4.78, 5) is 17.1. The molecule has 0 atom stereocenters. The number of rotatable bonds is 3. The lowest BCUT2D eigenvalue weighted by Crippen LogP contribution is -2.45. The highest BCUT2D eigenvalue weighted by atomic mass is 16.7. The molecule has 1 fully saturated rings. The van der Waals surface area contributed by atoms with Gasteiger partial charge in [0.25, 0.3) is 0 Å². The minimum absolute atomic E-state index is 0.204. The lowest BCUT2D eigenvalue weighted by Gasteiger charge is -2.31. The number of carbonyl (C=O) groups is 1. The Kier molecular flexibility index (Phi) is 2.88. The van der Waals surface area contributed by atoms with Gasteiger partial charge in [-0.1, -0.05) is 0 Å². The van der Waals surface area contributed by atoms with Crippen molar-refractivity contribution in [3.8, 4) is 0 Å². The number of ether oxygens (including phenoxy) is 1. The van der Waals surface area contributed by atoms with Gasteiger partial charge in [-0.2, -0.15) is 5.06 Å². The molecule has 0 unspecified atom stereocenters. The molecule has 4 heteroatoms. The topological polar surface area (TPSA) is 38.8 Å². The van der Waals surface area contributed by atoms with Gasteiger partial charge in [-0.05, 0) is 33.6 Å². The first kappa shape index (κ1) is 11.5. The summed E-state index contributed by atoms with van der Waals surface area (Å²) >= 11 is 0. The molecule has 0 radical (unpaired) electrons. The third kappa shape index (κ3) is 2.25. The van der Waals surface area contributed by atoms with Crippen molar-refractivity contribution in [1.29, 1.82) is 0 Å². The van der Waals surface area contributed by atoms with Crippen molar-refractivity contribution in [3.63, 3.8) is 0 Å². The number of likely N-dealkylation sites (N-methyl/N-ethyl adjacent to an activating group) is 1. The molecule has 1 rings (SSSR count). The smallest absolute Gasteiger partial charge is 0.328 e. The van der Waals surface area contributed by atoms with E-state index in [1.165, 1.54) is 7.11 Å². The molecule has 0 heterocycles. The van der Waals surface area contributed by atoms with E-state index >= 15 is 0 Å². The van der Waals surface area contributed by atoms with Crippen molar-refractivity contribution in [2.24, 2.45) is 0 Å². The van der Waals surface area contributed by atoms with E-state index in [2.05, 4.69) is 0 Å². The van der Waals surface area contributed by atoms with Crippen LogP contribution in [0, 0.1) is 0 Å². The zero-order chi connectivity index (χ0) is 11.0. The fourth-order valence-electron chi connectivity index (χ4n) is 1.45. The van der Waals surface area contributed by atoms with Crippen molar-refractivity contribution >= 4 is 5.97 Å². The molecule has 0 aromatic heterocycles. The summed E-state index contributed by atoms with van der Waals surface area (Å²) in [5.74, 6) is -0.204. The molecule has 14 heavy (non-hydrogen) atoms. The van der Waals surface area contributed by atoms with Crippen LogP contribution in [0.4, 0.5) is 0 Å². The number of carbonyl (C=O) groups excluding carboxylic acids is 1. The van der Waals surface area contributed by atoms with Crippen LogP contribution in [0.1, 0.15) is 33.6 Å². The maximum Gasteiger partial charge on any atom is 0.328 e. The van der Waals surface area contributed by atoms with Crippen LogP contribution in [0.3, 0.4) is 0 Å². The molecule has 1 saturated carbocycles. The molecule has 0 saturated heterocycles. The lowest BCUT2D eigenvalue weighted by atomic mass is 10.2. The predicted octanol–water partition coefficient (Wildman–Crippen LogP) is 1.35. The Morgan fingerprint density at radius 3 is 2.14 bits per heavy atom. The fourth-order valence-corrected chi connectivity index (χ4v) is 1.45. The molecule has 0 aromatic carbocycles. The Morgan fingerprint density at radius 1 is 1.36 bits per heavy atom. The Hall–Kier alpha value is -0.610. The fraction of sp³-hybridized carbons (Fsp3) is 0.900. The number of esters is 1. The van der Waals surface area contributed by atoms with Crippen LogP contribution in [-0.2, 0) is 14.4 Å². The van der Waals surface area contributed by atoms with Crippen molar-refractivity contribution in [2.45, 2.75) is 44.8 Å². The molecule has 82 valence electrons. The zero-order valence-electron chi connectivity index (χ0n) is 9.59. The Labute approximate surface area is 85.1 Å². The highest BCUT2D eigenvalue weighted by molar-refractivity contribution is 5.83. The summed E-state index contributed by atoms with van der Waals surface area (Å²) in [6.45, 7) is 5.87. The average Bonchev–Trinajstić information content (AvgIpc) is 2.80. The molecule has 1 aliphatic rings. The predicted molar refractivity (Wildman–Crippen MR) is 52.6 cm³/mol. The van der Waals surface area contributed by atoms with Gasteiger partial charge >= 0.3 is 5.97 Å². The van der Waals surface area contributed by atoms with E-state index in [0.717, 1.165) is 12.8 Å². The Morgan fingerprint density at radius 2 is 1.86 bits per heavy atom. The summed E-state index contributed by atoms with van der Waals surface area (Å²) in [6, 6.07) is 0. The van der Waals surface area contributed by atoms with Gasteiger partial charge in [0.05, 0.1) is 12.7 Å². The second-order valence-electron chi connectivity index (χ2n) is 4.72. The molecule has 0 bridgehead atoms. The van der Waals surface area contributed by atoms with Crippen LogP contribution in [0.15, 0.2) is 0 Å². The third-order valence-electron chi connectivity index (χ3n) is 2.30. The summed E-state index contributed by atoms with van der Waals surface area (Å²) < 4.78 is 4.75. The van der Waals surface area contributed by atoms with Gasteiger partial charge in [0.15, 0.2) is 0 Å². The summed E-state index contributed by atoms with van der Waals surface area (Å²) in [7, 11) is 3.20. The van der Waals surface area contributed by atoms with E-state index in [1.54, 1.807) is 12.1 Å². The maximum absolute atomic E-state index is 11.5.